The highest BCUT2D eigenvalue weighted by Gasteiger charge is 2.55. The minimum absolute atomic E-state index is 0.136. The summed E-state index contributed by atoms with van der Waals surface area (Å²) >= 11 is 0. The van der Waals surface area contributed by atoms with Crippen molar-refractivity contribution in [3.63, 3.8) is 0 Å². The Morgan fingerprint density at radius 2 is 2.27 bits per heavy atom. The molecule has 3 fully saturated rings. The van der Waals surface area contributed by atoms with E-state index < -0.39 is 0 Å². The van der Waals surface area contributed by atoms with E-state index in [1.165, 1.54) is 5.57 Å². The van der Waals surface area contributed by atoms with E-state index in [1.54, 1.807) is 0 Å². The van der Waals surface area contributed by atoms with Gasteiger partial charge in [0.1, 0.15) is 5.78 Å². The summed E-state index contributed by atoms with van der Waals surface area (Å²) < 4.78 is 0. The second-order valence-corrected chi connectivity index (χ2v) is 5.75. The molecule has 2 heteroatoms. The third-order valence-electron chi connectivity index (χ3n) is 4.87. The molecule has 2 unspecified atom stereocenters. The van der Waals surface area contributed by atoms with E-state index >= 15 is 0 Å². The summed E-state index contributed by atoms with van der Waals surface area (Å²) in [6.07, 6.45) is 5.27. The molecule has 1 N–H and O–H groups in total. The van der Waals surface area contributed by atoms with Crippen molar-refractivity contribution in [1.29, 1.82) is 0 Å². The van der Waals surface area contributed by atoms with Crippen molar-refractivity contribution in [3.05, 3.63) is 12.2 Å². The number of ketones is 1. The van der Waals surface area contributed by atoms with Gasteiger partial charge < -0.3 is 5.11 Å². The molecule has 4 atom stereocenters. The number of Topliss-reactive ketones (excluding diaryl/α,β-unsaturated/α-hetero) is 1. The fourth-order valence-corrected chi connectivity index (χ4v) is 4.10. The Balaban J connectivity index is 1.96. The van der Waals surface area contributed by atoms with E-state index in [-0.39, 0.29) is 17.4 Å². The van der Waals surface area contributed by atoms with Crippen LogP contribution in [-0.4, -0.2) is 17.0 Å². The summed E-state index contributed by atoms with van der Waals surface area (Å²) in [6, 6.07) is 0. The molecule has 82 valence electrons. The van der Waals surface area contributed by atoms with Gasteiger partial charge in [-0.25, -0.2) is 0 Å². The van der Waals surface area contributed by atoms with E-state index in [2.05, 4.69) is 6.58 Å². The molecule has 3 saturated carbocycles. The Labute approximate surface area is 90.4 Å². The first-order valence-corrected chi connectivity index (χ1v) is 5.99. The molecule has 0 aromatic rings. The van der Waals surface area contributed by atoms with Crippen LogP contribution in [0.4, 0.5) is 0 Å². The van der Waals surface area contributed by atoms with E-state index in [0.717, 1.165) is 25.7 Å². The molecular weight excluding hydrogens is 188 g/mol. The predicted octanol–water partition coefficient (Wildman–Crippen LogP) is 2.07. The van der Waals surface area contributed by atoms with Crippen molar-refractivity contribution < 1.29 is 9.90 Å². The van der Waals surface area contributed by atoms with Crippen LogP contribution in [-0.2, 0) is 4.79 Å². The highest BCUT2D eigenvalue weighted by atomic mass is 16.3. The Bertz CT molecular complexity index is 333. The topological polar surface area (TPSA) is 37.3 Å². The highest BCUT2D eigenvalue weighted by molar-refractivity contribution is 5.84. The Morgan fingerprint density at radius 1 is 1.47 bits per heavy atom. The minimum atomic E-state index is -0.241. The van der Waals surface area contributed by atoms with Crippen LogP contribution < -0.4 is 0 Å². The lowest BCUT2D eigenvalue weighted by Gasteiger charge is -2.44. The van der Waals surface area contributed by atoms with Crippen molar-refractivity contribution >= 4 is 5.78 Å². The zero-order valence-corrected chi connectivity index (χ0v) is 9.04. The third kappa shape index (κ3) is 1.24. The zero-order chi connectivity index (χ0) is 10.6. The molecule has 1 spiro atoms. The number of fused-ring (bicyclic) bond motifs is 1. The number of hydrogen-bond donors (Lipinski definition) is 1. The smallest absolute Gasteiger partial charge is 0.137 e. The van der Waals surface area contributed by atoms with Gasteiger partial charge in [-0.15, -0.1) is 0 Å². The quantitative estimate of drug-likeness (QED) is 0.616. The fourth-order valence-electron chi connectivity index (χ4n) is 4.10. The molecule has 3 aliphatic carbocycles. The Hall–Kier alpha value is -0.630. The number of carbonyl (C=O) groups is 1. The van der Waals surface area contributed by atoms with Gasteiger partial charge in [0, 0.05) is 12.3 Å². The van der Waals surface area contributed by atoms with Gasteiger partial charge in [-0.2, -0.15) is 0 Å². The maximum absolute atomic E-state index is 12.0. The summed E-state index contributed by atoms with van der Waals surface area (Å²) in [5.41, 5.74) is 1.50. The summed E-state index contributed by atoms with van der Waals surface area (Å²) in [6.45, 7) is 4.12. The molecule has 3 rings (SSSR count). The molecule has 0 saturated heterocycles. The van der Waals surface area contributed by atoms with Crippen molar-refractivity contribution in [1.82, 2.24) is 0 Å². The fraction of sp³-hybridized carbons (Fsp3) is 0.769. The monoisotopic (exact) mass is 206 g/mol. The molecule has 3 aliphatic rings. The SMILES string of the molecule is C=C1CC23CC[C@@H](O)C[C@H]2C(=O)CC1C3. The normalized spacial score (nSPS) is 49.3. The molecule has 2 nitrogen and oxygen atoms in total. The minimum Gasteiger partial charge on any atom is -0.393 e. The first-order chi connectivity index (χ1) is 7.11. The highest BCUT2D eigenvalue weighted by Crippen LogP contribution is 2.60. The second kappa shape index (κ2) is 2.94. The van der Waals surface area contributed by atoms with E-state index in [1.807, 2.05) is 0 Å². The summed E-state index contributed by atoms with van der Waals surface area (Å²) in [7, 11) is 0. The largest absolute Gasteiger partial charge is 0.393 e. The van der Waals surface area contributed by atoms with E-state index in [9.17, 15) is 9.90 Å². The number of carbonyl (C=O) groups excluding carboxylic acids is 1. The lowest BCUT2D eigenvalue weighted by molar-refractivity contribution is -0.135. The summed E-state index contributed by atoms with van der Waals surface area (Å²) in [5.74, 6) is 0.990. The molecule has 0 aromatic heterocycles. The van der Waals surface area contributed by atoms with Crippen molar-refractivity contribution in [3.8, 4) is 0 Å². The van der Waals surface area contributed by atoms with Crippen LogP contribution in [0.25, 0.3) is 0 Å². The number of aliphatic hydroxyl groups is 1. The van der Waals surface area contributed by atoms with Gasteiger partial charge in [0.15, 0.2) is 0 Å². The van der Waals surface area contributed by atoms with Crippen molar-refractivity contribution in [2.45, 2.75) is 44.6 Å². The average Bonchev–Trinajstić information content (AvgIpc) is 2.44. The number of rotatable bonds is 0. The lowest BCUT2D eigenvalue weighted by atomic mass is 9.59. The van der Waals surface area contributed by atoms with E-state index in [0.29, 0.717) is 24.5 Å². The lowest BCUT2D eigenvalue weighted by Crippen LogP contribution is -2.43. The van der Waals surface area contributed by atoms with Gasteiger partial charge in [0.05, 0.1) is 6.10 Å². The molecular formula is C13H18O2. The first kappa shape index (κ1) is 9.59. The molecule has 0 radical (unpaired) electrons. The van der Waals surface area contributed by atoms with Crippen LogP contribution in [0, 0.1) is 17.3 Å². The average molecular weight is 206 g/mol. The number of allylic oxidation sites excluding steroid dienone is 1. The van der Waals surface area contributed by atoms with Gasteiger partial charge in [-0.1, -0.05) is 12.2 Å². The van der Waals surface area contributed by atoms with Crippen LogP contribution in [0.15, 0.2) is 12.2 Å². The van der Waals surface area contributed by atoms with E-state index in [4.69, 9.17) is 0 Å². The molecule has 15 heavy (non-hydrogen) atoms. The van der Waals surface area contributed by atoms with Gasteiger partial charge in [-0.05, 0) is 43.4 Å². The molecule has 2 bridgehead atoms. The predicted molar refractivity (Wildman–Crippen MR) is 57.3 cm³/mol. The van der Waals surface area contributed by atoms with Crippen LogP contribution in [0.3, 0.4) is 0 Å². The van der Waals surface area contributed by atoms with Crippen LogP contribution in [0.5, 0.6) is 0 Å². The van der Waals surface area contributed by atoms with Crippen LogP contribution in [0.2, 0.25) is 0 Å². The zero-order valence-electron chi connectivity index (χ0n) is 9.04. The molecule has 0 heterocycles. The molecule has 0 aliphatic heterocycles. The molecule has 0 amide bonds. The van der Waals surface area contributed by atoms with Gasteiger partial charge >= 0.3 is 0 Å². The van der Waals surface area contributed by atoms with Crippen molar-refractivity contribution in [2.24, 2.45) is 17.3 Å². The number of hydrogen-bond acceptors (Lipinski definition) is 2. The van der Waals surface area contributed by atoms with Gasteiger partial charge in [0.2, 0.25) is 0 Å². The Kier molecular flexibility index (Phi) is 1.88. The Morgan fingerprint density at radius 3 is 3.07 bits per heavy atom. The van der Waals surface area contributed by atoms with Gasteiger partial charge in [0.25, 0.3) is 0 Å². The maximum Gasteiger partial charge on any atom is 0.137 e. The van der Waals surface area contributed by atoms with Crippen LogP contribution in [0.1, 0.15) is 38.5 Å². The van der Waals surface area contributed by atoms with Gasteiger partial charge in [-0.3, -0.25) is 4.79 Å². The van der Waals surface area contributed by atoms with Crippen LogP contribution >= 0.6 is 0 Å². The van der Waals surface area contributed by atoms with Crippen molar-refractivity contribution in [2.75, 3.05) is 0 Å². The molecule has 0 aromatic carbocycles. The summed E-state index contributed by atoms with van der Waals surface area (Å²) in [4.78, 5) is 12.0. The first-order valence-electron chi connectivity index (χ1n) is 5.99. The third-order valence-corrected chi connectivity index (χ3v) is 4.87. The standard InChI is InChI=1S/C13H18O2/c1-8-6-13-3-2-10(14)5-11(13)12(15)4-9(8)7-13/h9-11,14H,1-7H2/t9?,10-,11+,13?/m1/s1. The summed E-state index contributed by atoms with van der Waals surface area (Å²) in [5, 5.41) is 9.68. The number of aliphatic hydroxyl groups excluding tert-OH is 1. The second-order valence-electron chi connectivity index (χ2n) is 5.75. The maximum atomic E-state index is 12.0.